The third kappa shape index (κ3) is 0.911. The Bertz CT molecular complexity index is 337. The van der Waals surface area contributed by atoms with E-state index in [1.165, 1.54) is 6.07 Å². The molecule has 0 aliphatic carbocycles. The molecule has 2 rings (SSSR count). The van der Waals surface area contributed by atoms with Gasteiger partial charge in [-0.2, -0.15) is 0 Å². The molecule has 5 heteroatoms. The van der Waals surface area contributed by atoms with E-state index in [0.29, 0.717) is 12.2 Å². The second kappa shape index (κ2) is 2.46. The first-order chi connectivity index (χ1) is 5.79. The summed E-state index contributed by atoms with van der Waals surface area (Å²) in [7, 11) is 0. The number of nitro benzene ring substituents is 1. The number of nitrogens with zero attached hydrogens (tertiary/aromatic N) is 1. The molecule has 0 atom stereocenters. The topological polar surface area (TPSA) is 67.2 Å². The van der Waals surface area contributed by atoms with Crippen LogP contribution in [0, 0.1) is 10.1 Å². The summed E-state index contributed by atoms with van der Waals surface area (Å²) in [6.07, 6.45) is 0. The molecule has 0 saturated carbocycles. The van der Waals surface area contributed by atoms with Crippen LogP contribution in [0.2, 0.25) is 0 Å². The van der Waals surface area contributed by atoms with Crippen LogP contribution in [0.4, 0.5) is 11.4 Å². The molecule has 1 aliphatic heterocycles. The summed E-state index contributed by atoms with van der Waals surface area (Å²) < 4.78 is 0. The van der Waals surface area contributed by atoms with Gasteiger partial charge in [-0.25, -0.2) is 5.43 Å². The lowest BCUT2D eigenvalue weighted by atomic mass is 10.2. The van der Waals surface area contributed by atoms with E-state index in [1.54, 1.807) is 6.07 Å². The van der Waals surface area contributed by atoms with Crippen molar-refractivity contribution in [1.82, 2.24) is 5.43 Å². The summed E-state index contributed by atoms with van der Waals surface area (Å²) in [5.74, 6) is 0. The first-order valence-corrected chi connectivity index (χ1v) is 3.54. The van der Waals surface area contributed by atoms with E-state index in [1.807, 2.05) is 6.07 Å². The summed E-state index contributed by atoms with van der Waals surface area (Å²) in [4.78, 5) is 10.1. The molecule has 0 spiro atoms. The van der Waals surface area contributed by atoms with Gasteiger partial charge in [0.25, 0.3) is 5.69 Å². The second-order valence-electron chi connectivity index (χ2n) is 2.55. The minimum absolute atomic E-state index is 0.123. The predicted octanol–water partition coefficient (Wildman–Crippen LogP) is 1.02. The van der Waals surface area contributed by atoms with E-state index in [4.69, 9.17) is 0 Å². The van der Waals surface area contributed by atoms with E-state index in [-0.39, 0.29) is 5.69 Å². The molecule has 0 bridgehead atoms. The Kier molecular flexibility index (Phi) is 1.44. The third-order valence-electron chi connectivity index (χ3n) is 1.82. The smallest absolute Gasteiger partial charge is 0.293 e. The molecule has 0 unspecified atom stereocenters. The molecular weight excluding hydrogens is 158 g/mol. The van der Waals surface area contributed by atoms with Crippen LogP contribution in [0.1, 0.15) is 5.56 Å². The first kappa shape index (κ1) is 7.05. The zero-order valence-corrected chi connectivity index (χ0v) is 6.20. The standard InChI is InChI=1S/C7H7N3O2/c11-10(12)6-3-1-2-5-4-8-9-7(5)6/h1-3,8-9H,4H2. The fraction of sp³-hybridized carbons (Fsp3) is 0.143. The number of anilines is 1. The van der Waals surface area contributed by atoms with Gasteiger partial charge in [-0.15, -0.1) is 0 Å². The van der Waals surface area contributed by atoms with E-state index < -0.39 is 4.92 Å². The van der Waals surface area contributed by atoms with Crippen molar-refractivity contribution in [3.8, 4) is 0 Å². The van der Waals surface area contributed by atoms with Gasteiger partial charge in [0.1, 0.15) is 5.69 Å². The zero-order valence-electron chi connectivity index (χ0n) is 6.20. The summed E-state index contributed by atoms with van der Waals surface area (Å²) in [5.41, 5.74) is 7.23. The maximum absolute atomic E-state index is 10.5. The van der Waals surface area contributed by atoms with E-state index in [9.17, 15) is 10.1 Å². The van der Waals surface area contributed by atoms with Gasteiger partial charge in [0.15, 0.2) is 0 Å². The molecule has 1 aliphatic rings. The quantitative estimate of drug-likeness (QED) is 0.481. The summed E-state index contributed by atoms with van der Waals surface area (Å²) in [5, 5.41) is 10.5. The molecule has 0 saturated heterocycles. The first-order valence-electron chi connectivity index (χ1n) is 3.54. The number of hydrazine groups is 1. The lowest BCUT2D eigenvalue weighted by Gasteiger charge is -1.98. The number of hydrogen-bond acceptors (Lipinski definition) is 4. The van der Waals surface area contributed by atoms with Crippen molar-refractivity contribution in [3.63, 3.8) is 0 Å². The number of para-hydroxylation sites is 1. The maximum atomic E-state index is 10.5. The van der Waals surface area contributed by atoms with Gasteiger partial charge >= 0.3 is 0 Å². The zero-order chi connectivity index (χ0) is 8.55. The fourth-order valence-corrected chi connectivity index (χ4v) is 1.26. The minimum Gasteiger partial charge on any atom is -0.315 e. The molecule has 0 radical (unpaired) electrons. The molecule has 5 nitrogen and oxygen atoms in total. The Balaban J connectivity index is 2.56. The Labute approximate surface area is 68.5 Å². The third-order valence-corrected chi connectivity index (χ3v) is 1.82. The van der Waals surface area contributed by atoms with E-state index >= 15 is 0 Å². The number of rotatable bonds is 1. The van der Waals surface area contributed by atoms with Crippen LogP contribution in [-0.2, 0) is 6.54 Å². The van der Waals surface area contributed by atoms with Crippen molar-refractivity contribution in [2.75, 3.05) is 5.43 Å². The highest BCUT2D eigenvalue weighted by Gasteiger charge is 2.20. The number of hydrogen-bond donors (Lipinski definition) is 2. The number of nitrogens with one attached hydrogen (secondary N) is 2. The van der Waals surface area contributed by atoms with Gasteiger partial charge in [0, 0.05) is 12.6 Å². The lowest BCUT2D eigenvalue weighted by Crippen LogP contribution is -2.11. The predicted molar refractivity (Wildman–Crippen MR) is 43.6 cm³/mol. The van der Waals surface area contributed by atoms with Gasteiger partial charge in [-0.1, -0.05) is 12.1 Å². The van der Waals surface area contributed by atoms with Crippen molar-refractivity contribution in [2.24, 2.45) is 0 Å². The normalized spacial score (nSPS) is 13.7. The van der Waals surface area contributed by atoms with Gasteiger partial charge < -0.3 is 5.43 Å². The van der Waals surface area contributed by atoms with Crippen molar-refractivity contribution in [2.45, 2.75) is 6.54 Å². The largest absolute Gasteiger partial charge is 0.315 e. The van der Waals surface area contributed by atoms with Gasteiger partial charge in [0.2, 0.25) is 0 Å². The molecule has 62 valence electrons. The Morgan fingerprint density at radius 2 is 2.33 bits per heavy atom. The molecule has 1 aromatic rings. The Hall–Kier alpha value is -1.62. The second-order valence-corrected chi connectivity index (χ2v) is 2.55. The van der Waals surface area contributed by atoms with Crippen LogP contribution >= 0.6 is 0 Å². The van der Waals surface area contributed by atoms with Crippen LogP contribution in [0.3, 0.4) is 0 Å². The maximum Gasteiger partial charge on any atom is 0.293 e. The monoisotopic (exact) mass is 165 g/mol. The average Bonchev–Trinajstić information content (AvgIpc) is 2.49. The lowest BCUT2D eigenvalue weighted by molar-refractivity contribution is -0.383. The van der Waals surface area contributed by atoms with Gasteiger partial charge in [-0.05, 0) is 5.56 Å². The average molecular weight is 165 g/mol. The number of nitro groups is 1. The van der Waals surface area contributed by atoms with Crippen LogP contribution in [0.15, 0.2) is 18.2 Å². The Morgan fingerprint density at radius 1 is 1.50 bits per heavy atom. The van der Waals surface area contributed by atoms with Crippen LogP contribution < -0.4 is 10.9 Å². The Morgan fingerprint density at radius 3 is 3.08 bits per heavy atom. The summed E-state index contributed by atoms with van der Waals surface area (Å²) in [6.45, 7) is 0.636. The molecule has 1 heterocycles. The summed E-state index contributed by atoms with van der Waals surface area (Å²) >= 11 is 0. The van der Waals surface area contributed by atoms with Crippen molar-refractivity contribution in [3.05, 3.63) is 33.9 Å². The van der Waals surface area contributed by atoms with Crippen LogP contribution in [0.5, 0.6) is 0 Å². The summed E-state index contributed by atoms with van der Waals surface area (Å²) in [6, 6.07) is 5.03. The molecule has 0 amide bonds. The highest BCUT2D eigenvalue weighted by atomic mass is 16.6. The van der Waals surface area contributed by atoms with Crippen molar-refractivity contribution in [1.29, 1.82) is 0 Å². The van der Waals surface area contributed by atoms with Gasteiger partial charge in [0.05, 0.1) is 4.92 Å². The highest BCUT2D eigenvalue weighted by Crippen LogP contribution is 2.29. The molecule has 0 fully saturated rings. The SMILES string of the molecule is O=[N+]([O-])c1cccc2c1NNC2. The minimum atomic E-state index is -0.390. The van der Waals surface area contributed by atoms with Crippen molar-refractivity contribution >= 4 is 11.4 Å². The van der Waals surface area contributed by atoms with Crippen LogP contribution in [-0.4, -0.2) is 4.92 Å². The van der Waals surface area contributed by atoms with Crippen LogP contribution in [0.25, 0.3) is 0 Å². The van der Waals surface area contributed by atoms with Gasteiger partial charge in [-0.3, -0.25) is 10.1 Å². The molecular formula is C7H7N3O2. The molecule has 0 aromatic heterocycles. The van der Waals surface area contributed by atoms with E-state index in [2.05, 4.69) is 10.9 Å². The number of fused-ring (bicyclic) bond motifs is 1. The number of benzene rings is 1. The highest BCUT2D eigenvalue weighted by molar-refractivity contribution is 5.67. The fourth-order valence-electron chi connectivity index (χ4n) is 1.26. The molecule has 1 aromatic carbocycles. The molecule has 12 heavy (non-hydrogen) atoms. The molecule has 2 N–H and O–H groups in total. The van der Waals surface area contributed by atoms with E-state index in [0.717, 1.165) is 5.56 Å². The van der Waals surface area contributed by atoms with Crippen molar-refractivity contribution < 1.29 is 4.92 Å².